The molecule has 3 atom stereocenters. The first-order chi connectivity index (χ1) is 10.3. The summed E-state index contributed by atoms with van der Waals surface area (Å²) in [6.07, 6.45) is 5.65. The number of carbonyl (C=O) groups is 1. The van der Waals surface area contributed by atoms with Gasteiger partial charge in [0.15, 0.2) is 0 Å². The maximum absolute atomic E-state index is 12.9. The van der Waals surface area contributed by atoms with Crippen molar-refractivity contribution in [2.45, 2.75) is 38.1 Å². The minimum atomic E-state index is 0. The van der Waals surface area contributed by atoms with Gasteiger partial charge >= 0.3 is 0 Å². The van der Waals surface area contributed by atoms with Gasteiger partial charge in [-0.1, -0.05) is 6.42 Å². The molecule has 1 amide bonds. The van der Waals surface area contributed by atoms with Crippen molar-refractivity contribution in [3.63, 3.8) is 0 Å². The molecule has 2 saturated heterocycles. The fourth-order valence-corrected chi connectivity index (χ4v) is 4.25. The standard InChI is InChI=1S/C16H29N3O2.2ClH/c17-11-13-3-1-5-15(13)16(20)19-6-2-4-14(19)12-18-7-9-21-10-8-18;;/h13-15H,1-12,17H2;2*1H/t13-,14?,15-;;/m1../s1. The van der Waals surface area contributed by atoms with Crippen molar-refractivity contribution in [3.05, 3.63) is 0 Å². The smallest absolute Gasteiger partial charge is 0.226 e. The fourth-order valence-electron chi connectivity index (χ4n) is 4.25. The van der Waals surface area contributed by atoms with Crippen LogP contribution in [-0.4, -0.2) is 67.7 Å². The first kappa shape index (κ1) is 21.0. The van der Waals surface area contributed by atoms with Crippen molar-refractivity contribution in [3.8, 4) is 0 Å². The van der Waals surface area contributed by atoms with E-state index in [0.29, 0.717) is 24.4 Å². The Morgan fingerprint density at radius 3 is 2.48 bits per heavy atom. The van der Waals surface area contributed by atoms with Gasteiger partial charge in [-0.3, -0.25) is 9.69 Å². The minimum absolute atomic E-state index is 0. The van der Waals surface area contributed by atoms with Gasteiger partial charge in [-0.05, 0) is 38.1 Å². The summed E-state index contributed by atoms with van der Waals surface area (Å²) in [6, 6.07) is 0.412. The molecule has 136 valence electrons. The number of likely N-dealkylation sites (tertiary alicyclic amines) is 1. The number of nitrogens with two attached hydrogens (primary N) is 1. The molecule has 0 radical (unpaired) electrons. The van der Waals surface area contributed by atoms with E-state index in [2.05, 4.69) is 9.80 Å². The van der Waals surface area contributed by atoms with Crippen LogP contribution in [0.1, 0.15) is 32.1 Å². The van der Waals surface area contributed by atoms with Crippen molar-refractivity contribution in [2.75, 3.05) is 45.9 Å². The van der Waals surface area contributed by atoms with Crippen LogP contribution in [0.3, 0.4) is 0 Å². The van der Waals surface area contributed by atoms with Gasteiger partial charge < -0.3 is 15.4 Å². The van der Waals surface area contributed by atoms with Gasteiger partial charge in [-0.15, -0.1) is 24.8 Å². The topological polar surface area (TPSA) is 58.8 Å². The SMILES string of the molecule is Cl.Cl.NC[C@H]1CCC[C@H]1C(=O)N1CCCC1CN1CCOCC1. The zero-order valence-electron chi connectivity index (χ0n) is 13.8. The quantitative estimate of drug-likeness (QED) is 0.818. The molecule has 7 heteroatoms. The molecule has 0 bridgehead atoms. The lowest BCUT2D eigenvalue weighted by Crippen LogP contribution is -2.48. The molecule has 3 rings (SSSR count). The van der Waals surface area contributed by atoms with Crippen LogP contribution in [0.2, 0.25) is 0 Å². The highest BCUT2D eigenvalue weighted by Crippen LogP contribution is 2.34. The number of hydrogen-bond acceptors (Lipinski definition) is 4. The predicted octanol–water partition coefficient (Wildman–Crippen LogP) is 1.53. The van der Waals surface area contributed by atoms with Gasteiger partial charge in [0, 0.05) is 38.1 Å². The first-order valence-corrected chi connectivity index (χ1v) is 8.60. The molecule has 23 heavy (non-hydrogen) atoms. The Labute approximate surface area is 152 Å². The van der Waals surface area contributed by atoms with Gasteiger partial charge in [0.25, 0.3) is 0 Å². The van der Waals surface area contributed by atoms with Crippen molar-refractivity contribution < 1.29 is 9.53 Å². The number of ether oxygens (including phenoxy) is 1. The van der Waals surface area contributed by atoms with Crippen LogP contribution in [0.4, 0.5) is 0 Å². The molecule has 2 heterocycles. The summed E-state index contributed by atoms with van der Waals surface area (Å²) in [6.45, 7) is 6.31. The Balaban J connectivity index is 0.00000132. The fraction of sp³-hybridized carbons (Fsp3) is 0.938. The highest BCUT2D eigenvalue weighted by atomic mass is 35.5. The van der Waals surface area contributed by atoms with Crippen LogP contribution >= 0.6 is 24.8 Å². The van der Waals surface area contributed by atoms with E-state index in [9.17, 15) is 4.79 Å². The van der Waals surface area contributed by atoms with E-state index >= 15 is 0 Å². The Morgan fingerprint density at radius 2 is 1.78 bits per heavy atom. The van der Waals surface area contributed by atoms with Crippen molar-refractivity contribution in [1.82, 2.24) is 9.80 Å². The van der Waals surface area contributed by atoms with E-state index in [-0.39, 0.29) is 30.7 Å². The largest absolute Gasteiger partial charge is 0.379 e. The molecule has 5 nitrogen and oxygen atoms in total. The summed E-state index contributed by atoms with van der Waals surface area (Å²) in [5.41, 5.74) is 5.85. The second-order valence-electron chi connectivity index (χ2n) is 6.77. The summed E-state index contributed by atoms with van der Waals surface area (Å²) in [5.74, 6) is 1.00. The van der Waals surface area contributed by atoms with Crippen LogP contribution in [0.25, 0.3) is 0 Å². The molecular weight excluding hydrogens is 337 g/mol. The van der Waals surface area contributed by atoms with E-state index in [4.69, 9.17) is 10.5 Å². The van der Waals surface area contributed by atoms with E-state index < -0.39 is 0 Å². The van der Waals surface area contributed by atoms with Crippen LogP contribution in [0.5, 0.6) is 0 Å². The lowest BCUT2D eigenvalue weighted by atomic mass is 9.94. The average Bonchev–Trinajstić information content (AvgIpc) is 3.16. The maximum atomic E-state index is 12.9. The normalized spacial score (nSPS) is 31.5. The third kappa shape index (κ3) is 4.95. The molecule has 1 aliphatic carbocycles. The number of morpholine rings is 1. The molecule has 0 aromatic rings. The lowest BCUT2D eigenvalue weighted by molar-refractivity contribution is -0.138. The zero-order chi connectivity index (χ0) is 14.7. The maximum Gasteiger partial charge on any atom is 0.226 e. The van der Waals surface area contributed by atoms with Crippen LogP contribution in [0, 0.1) is 11.8 Å². The van der Waals surface area contributed by atoms with Gasteiger partial charge in [0.1, 0.15) is 0 Å². The number of nitrogens with zero attached hydrogens (tertiary/aromatic N) is 2. The molecule has 2 aliphatic heterocycles. The first-order valence-electron chi connectivity index (χ1n) is 8.60. The van der Waals surface area contributed by atoms with E-state index in [1.807, 2.05) is 0 Å². The highest BCUT2D eigenvalue weighted by molar-refractivity contribution is 5.85. The van der Waals surface area contributed by atoms with E-state index in [0.717, 1.165) is 65.1 Å². The molecule has 0 spiro atoms. The van der Waals surface area contributed by atoms with Gasteiger partial charge in [-0.25, -0.2) is 0 Å². The van der Waals surface area contributed by atoms with Crippen LogP contribution in [0.15, 0.2) is 0 Å². The number of rotatable bonds is 4. The van der Waals surface area contributed by atoms with Crippen molar-refractivity contribution >= 4 is 30.7 Å². The molecule has 2 N–H and O–H groups in total. The van der Waals surface area contributed by atoms with E-state index in [1.54, 1.807) is 0 Å². The van der Waals surface area contributed by atoms with Crippen molar-refractivity contribution in [2.24, 2.45) is 17.6 Å². The number of halogens is 2. The molecule has 3 fully saturated rings. The Bertz CT molecular complexity index is 367. The highest BCUT2D eigenvalue weighted by Gasteiger charge is 2.39. The lowest BCUT2D eigenvalue weighted by Gasteiger charge is -2.34. The molecule has 0 aromatic heterocycles. The molecule has 1 saturated carbocycles. The Kier molecular flexibility index (Phi) is 9.16. The average molecular weight is 368 g/mol. The van der Waals surface area contributed by atoms with Crippen LogP contribution in [-0.2, 0) is 9.53 Å². The molecule has 3 aliphatic rings. The summed E-state index contributed by atoms with van der Waals surface area (Å²) < 4.78 is 5.41. The summed E-state index contributed by atoms with van der Waals surface area (Å²) in [4.78, 5) is 17.5. The Morgan fingerprint density at radius 1 is 1.04 bits per heavy atom. The van der Waals surface area contributed by atoms with Gasteiger partial charge in [0.2, 0.25) is 5.91 Å². The predicted molar refractivity (Wildman–Crippen MR) is 96.4 cm³/mol. The second kappa shape index (κ2) is 10.0. The second-order valence-corrected chi connectivity index (χ2v) is 6.77. The minimum Gasteiger partial charge on any atom is -0.379 e. The van der Waals surface area contributed by atoms with Gasteiger partial charge in [-0.2, -0.15) is 0 Å². The number of carbonyl (C=O) groups excluding carboxylic acids is 1. The number of hydrogen-bond donors (Lipinski definition) is 1. The molecular formula is C16H31Cl2N3O2. The van der Waals surface area contributed by atoms with Gasteiger partial charge in [0.05, 0.1) is 13.2 Å². The summed E-state index contributed by atoms with van der Waals surface area (Å²) in [5, 5.41) is 0. The molecule has 0 aromatic carbocycles. The number of amides is 1. The summed E-state index contributed by atoms with van der Waals surface area (Å²) >= 11 is 0. The summed E-state index contributed by atoms with van der Waals surface area (Å²) in [7, 11) is 0. The van der Waals surface area contributed by atoms with Crippen molar-refractivity contribution in [1.29, 1.82) is 0 Å². The van der Waals surface area contributed by atoms with Crippen LogP contribution < -0.4 is 5.73 Å². The Hall–Kier alpha value is -0.0700. The third-order valence-corrected chi connectivity index (χ3v) is 5.51. The monoisotopic (exact) mass is 367 g/mol. The molecule has 1 unspecified atom stereocenters. The third-order valence-electron chi connectivity index (χ3n) is 5.51. The zero-order valence-corrected chi connectivity index (χ0v) is 15.5. The van der Waals surface area contributed by atoms with E-state index in [1.165, 1.54) is 6.42 Å².